The van der Waals surface area contributed by atoms with Crippen molar-refractivity contribution in [2.45, 2.75) is 31.0 Å². The Labute approximate surface area is 285 Å². The van der Waals surface area contributed by atoms with E-state index in [1.165, 1.54) is 11.0 Å². The average molecular weight is 677 g/mol. The molecular weight excluding hydrogens is 644 g/mol. The van der Waals surface area contributed by atoms with Gasteiger partial charge in [-0.2, -0.15) is 5.21 Å². The summed E-state index contributed by atoms with van der Waals surface area (Å²) in [6, 6.07) is 26.9. The molecule has 0 saturated carbocycles. The van der Waals surface area contributed by atoms with Crippen molar-refractivity contribution >= 4 is 29.1 Å². The molecule has 0 aliphatic carbocycles. The number of amides is 3. The first-order valence-corrected chi connectivity index (χ1v) is 15.6. The van der Waals surface area contributed by atoms with Crippen molar-refractivity contribution in [3.8, 4) is 11.4 Å². The molecule has 3 amide bonds. The summed E-state index contributed by atoms with van der Waals surface area (Å²) in [6.07, 6.45) is -1.21. The van der Waals surface area contributed by atoms with Crippen LogP contribution >= 0.6 is 0 Å². The Morgan fingerprint density at radius 2 is 1.68 bits per heavy atom. The summed E-state index contributed by atoms with van der Waals surface area (Å²) in [5.41, 5.74) is 1.85. The van der Waals surface area contributed by atoms with E-state index in [4.69, 9.17) is 4.74 Å². The van der Waals surface area contributed by atoms with Gasteiger partial charge < -0.3 is 25.4 Å². The number of ether oxygens (including phenoxy) is 1. The lowest BCUT2D eigenvalue weighted by molar-refractivity contribution is -0.384. The number of rotatable bonds is 12. The highest BCUT2D eigenvalue weighted by Crippen LogP contribution is 2.24. The Bertz CT molecular complexity index is 1980. The van der Waals surface area contributed by atoms with Crippen LogP contribution in [-0.4, -0.2) is 84.8 Å². The second-order valence-electron chi connectivity index (χ2n) is 11.7. The molecule has 1 saturated heterocycles. The summed E-state index contributed by atoms with van der Waals surface area (Å²) in [4.78, 5) is 53.5. The number of aliphatic hydroxyl groups excluding tert-OH is 1. The summed E-state index contributed by atoms with van der Waals surface area (Å²) in [5, 5.41) is 42.3. The summed E-state index contributed by atoms with van der Waals surface area (Å²) in [6.45, 7) is 0.268. The van der Waals surface area contributed by atoms with E-state index in [1.54, 1.807) is 54.6 Å². The van der Waals surface area contributed by atoms with Gasteiger partial charge >= 0.3 is 0 Å². The number of tetrazole rings is 1. The molecule has 1 fully saturated rings. The van der Waals surface area contributed by atoms with Crippen LogP contribution in [0, 0.1) is 10.1 Å². The molecule has 15 nitrogen and oxygen atoms in total. The molecule has 50 heavy (non-hydrogen) atoms. The predicted octanol–water partition coefficient (Wildman–Crippen LogP) is 3.16. The Balaban J connectivity index is 1.23. The van der Waals surface area contributed by atoms with E-state index in [0.29, 0.717) is 29.1 Å². The fraction of sp³-hybridized carbons (Fsp3) is 0.200. The lowest BCUT2D eigenvalue weighted by Gasteiger charge is -2.25. The topological polar surface area (TPSA) is 206 Å². The van der Waals surface area contributed by atoms with Crippen molar-refractivity contribution < 1.29 is 29.2 Å². The Hall–Kier alpha value is -6.32. The van der Waals surface area contributed by atoms with Crippen molar-refractivity contribution in [1.82, 2.24) is 30.8 Å². The van der Waals surface area contributed by atoms with E-state index in [2.05, 4.69) is 31.3 Å². The van der Waals surface area contributed by atoms with Gasteiger partial charge in [-0.1, -0.05) is 72.8 Å². The quantitative estimate of drug-likeness (QED) is 0.112. The first-order chi connectivity index (χ1) is 24.2. The van der Waals surface area contributed by atoms with E-state index < -0.39 is 40.5 Å². The van der Waals surface area contributed by atoms with E-state index in [0.717, 1.165) is 17.7 Å². The number of aromatic amines is 1. The molecule has 0 spiro atoms. The fourth-order valence-corrected chi connectivity index (χ4v) is 5.68. The second kappa shape index (κ2) is 15.3. The maximum absolute atomic E-state index is 13.7. The Morgan fingerprint density at radius 3 is 2.38 bits per heavy atom. The molecular formula is C35H32N8O7. The normalized spacial score (nSPS) is 15.2. The predicted molar refractivity (Wildman–Crippen MR) is 180 cm³/mol. The van der Waals surface area contributed by atoms with Crippen LogP contribution in [0.2, 0.25) is 0 Å². The van der Waals surface area contributed by atoms with Crippen LogP contribution in [0.25, 0.3) is 11.4 Å². The number of H-pyrrole nitrogens is 1. The fourth-order valence-electron chi connectivity index (χ4n) is 5.68. The number of aromatic nitrogens is 4. The number of non-ortho nitro benzene ring substituents is 1. The number of nitro groups is 1. The highest BCUT2D eigenvalue weighted by Gasteiger charge is 2.33. The lowest BCUT2D eigenvalue weighted by atomic mass is 9.99. The van der Waals surface area contributed by atoms with Crippen molar-refractivity contribution in [2.75, 3.05) is 18.7 Å². The van der Waals surface area contributed by atoms with Gasteiger partial charge in [-0.05, 0) is 47.4 Å². The van der Waals surface area contributed by atoms with Gasteiger partial charge in [0.15, 0.2) is 6.10 Å². The van der Waals surface area contributed by atoms with Gasteiger partial charge in [0.1, 0.15) is 6.73 Å². The Kier molecular flexibility index (Phi) is 10.3. The number of nitrogens with zero attached hydrogens (tertiary/aromatic N) is 5. The Morgan fingerprint density at radius 1 is 0.960 bits per heavy atom. The molecule has 4 N–H and O–H groups in total. The van der Waals surface area contributed by atoms with Crippen LogP contribution in [-0.2, 0) is 22.4 Å². The van der Waals surface area contributed by atoms with Gasteiger partial charge in [-0.3, -0.25) is 24.5 Å². The van der Waals surface area contributed by atoms with Gasteiger partial charge in [-0.15, -0.1) is 10.2 Å². The number of hydrogen-bond acceptors (Lipinski definition) is 10. The van der Waals surface area contributed by atoms with Gasteiger partial charge in [-0.25, -0.2) is 0 Å². The van der Waals surface area contributed by atoms with Gasteiger partial charge in [0.2, 0.25) is 5.82 Å². The van der Waals surface area contributed by atoms with Gasteiger partial charge in [0.05, 0.1) is 23.6 Å². The monoisotopic (exact) mass is 676 g/mol. The SMILES string of the molecule is O=C(N[C@@H](Cc1ccccc1)[C@H](O)C(=O)Nc1cccc(-c2nn[nH]n2)c1)c1cc(C(=O)N2COC[C@@H]2Cc2ccccc2)cc([N+](=O)[O-])c1. The molecule has 15 heteroatoms. The molecule has 5 aromatic rings. The van der Waals surface area contributed by atoms with Crippen LogP contribution in [0.15, 0.2) is 103 Å². The molecule has 0 unspecified atom stereocenters. The first-order valence-electron chi connectivity index (χ1n) is 15.6. The van der Waals surface area contributed by atoms with Crippen LogP contribution in [0.5, 0.6) is 0 Å². The third-order valence-electron chi connectivity index (χ3n) is 8.19. The number of aliphatic hydroxyl groups is 1. The molecule has 254 valence electrons. The molecule has 1 aromatic heterocycles. The summed E-state index contributed by atoms with van der Waals surface area (Å²) >= 11 is 0. The molecule has 4 aromatic carbocycles. The summed E-state index contributed by atoms with van der Waals surface area (Å²) in [7, 11) is 0. The van der Waals surface area contributed by atoms with E-state index in [-0.39, 0.29) is 36.9 Å². The standard InChI is InChI=1S/C35H32N8O7/c44-31(34(46)36-27-13-7-12-24(17-27)32-38-40-41-39-32)30(15-23-10-5-2-6-11-23)37-33(45)25-16-26(19-28(18-25)43(48)49)35(47)42-21-50-20-29(42)14-22-8-3-1-4-9-22/h1-13,16-19,29-31,44H,14-15,20-21H2,(H,36,46)(H,37,45)(H,38,39,40,41)/t29-,30-,31-/m0/s1. The largest absolute Gasteiger partial charge is 0.381 e. The van der Waals surface area contributed by atoms with Crippen molar-refractivity contribution in [2.24, 2.45) is 0 Å². The molecule has 2 heterocycles. The van der Waals surface area contributed by atoms with Crippen LogP contribution in [0.1, 0.15) is 31.8 Å². The number of nitro benzene ring substituents is 1. The summed E-state index contributed by atoms with van der Waals surface area (Å²) < 4.78 is 5.58. The molecule has 0 radical (unpaired) electrons. The van der Waals surface area contributed by atoms with Crippen molar-refractivity contribution in [3.63, 3.8) is 0 Å². The third kappa shape index (κ3) is 8.03. The first kappa shape index (κ1) is 33.6. The lowest BCUT2D eigenvalue weighted by Crippen LogP contribution is -2.50. The summed E-state index contributed by atoms with van der Waals surface area (Å²) in [5.74, 6) is -1.88. The zero-order chi connectivity index (χ0) is 35.0. The minimum Gasteiger partial charge on any atom is -0.381 e. The van der Waals surface area contributed by atoms with Crippen molar-refractivity contribution in [1.29, 1.82) is 0 Å². The number of anilines is 1. The molecule has 6 rings (SSSR count). The highest BCUT2D eigenvalue weighted by atomic mass is 16.6. The molecule has 1 aliphatic heterocycles. The minimum atomic E-state index is -1.76. The molecule has 1 aliphatic rings. The molecule has 0 bridgehead atoms. The van der Waals surface area contributed by atoms with E-state index in [9.17, 15) is 29.6 Å². The van der Waals surface area contributed by atoms with Gasteiger partial charge in [0.25, 0.3) is 23.4 Å². The number of carbonyl (C=O) groups is 3. The number of benzene rings is 4. The minimum absolute atomic E-state index is 0.0149. The van der Waals surface area contributed by atoms with E-state index >= 15 is 0 Å². The second-order valence-corrected chi connectivity index (χ2v) is 11.7. The van der Waals surface area contributed by atoms with Gasteiger partial charge in [0, 0.05) is 34.5 Å². The third-order valence-corrected chi connectivity index (χ3v) is 8.19. The maximum atomic E-state index is 13.7. The number of nitrogens with one attached hydrogen (secondary N) is 3. The maximum Gasteiger partial charge on any atom is 0.271 e. The highest BCUT2D eigenvalue weighted by molar-refractivity contribution is 6.01. The number of hydrogen-bond donors (Lipinski definition) is 4. The van der Waals surface area contributed by atoms with Crippen molar-refractivity contribution in [3.05, 3.63) is 135 Å². The van der Waals surface area contributed by atoms with Crippen LogP contribution in [0.4, 0.5) is 11.4 Å². The zero-order valence-corrected chi connectivity index (χ0v) is 26.5. The van der Waals surface area contributed by atoms with Crippen LogP contribution < -0.4 is 10.6 Å². The number of carbonyl (C=O) groups excluding carboxylic acids is 3. The molecule has 3 atom stereocenters. The smallest absolute Gasteiger partial charge is 0.271 e. The van der Waals surface area contributed by atoms with Crippen LogP contribution in [0.3, 0.4) is 0 Å². The average Bonchev–Trinajstić information content (AvgIpc) is 3.85. The van der Waals surface area contributed by atoms with E-state index in [1.807, 2.05) is 30.3 Å². The zero-order valence-electron chi connectivity index (χ0n) is 26.5.